The van der Waals surface area contributed by atoms with Crippen LogP contribution < -0.4 is 5.56 Å². The van der Waals surface area contributed by atoms with Crippen LogP contribution in [0.4, 0.5) is 0 Å². The average Bonchev–Trinajstić information content (AvgIpc) is 3.22. The van der Waals surface area contributed by atoms with Crippen molar-refractivity contribution in [3.63, 3.8) is 0 Å². The van der Waals surface area contributed by atoms with Gasteiger partial charge in [-0.15, -0.1) is 0 Å². The first-order chi connectivity index (χ1) is 11.0. The molecule has 6 heteroatoms. The minimum atomic E-state index is -0.200. The molecule has 1 aromatic heterocycles. The fourth-order valence-electron chi connectivity index (χ4n) is 3.41. The third-order valence-electron chi connectivity index (χ3n) is 4.78. The number of nitrogens with zero attached hydrogens (tertiary/aromatic N) is 2. The standard InChI is InChI=1S/C17H23N3O3/c1-11-15(7-8-16(22)18-11)17(23)19-9-3-4-14(19)10-20(12(2)21)13-5-6-13/h7-8,13-14H,3-6,9-10H2,1-2H3,(H,18,22)/t14-/m0/s1. The van der Waals surface area contributed by atoms with E-state index < -0.39 is 0 Å². The van der Waals surface area contributed by atoms with E-state index in [1.165, 1.54) is 6.07 Å². The fourth-order valence-corrected chi connectivity index (χ4v) is 3.41. The molecule has 3 rings (SSSR count). The highest BCUT2D eigenvalue weighted by atomic mass is 16.2. The first kappa shape index (κ1) is 15.8. The Morgan fingerprint density at radius 3 is 2.65 bits per heavy atom. The van der Waals surface area contributed by atoms with Gasteiger partial charge in [-0.2, -0.15) is 0 Å². The molecule has 23 heavy (non-hydrogen) atoms. The Bertz CT molecular complexity index is 678. The second-order valence-corrected chi connectivity index (χ2v) is 6.56. The van der Waals surface area contributed by atoms with Crippen molar-refractivity contribution in [3.8, 4) is 0 Å². The van der Waals surface area contributed by atoms with E-state index in [1.54, 1.807) is 19.9 Å². The predicted molar refractivity (Wildman–Crippen MR) is 86.3 cm³/mol. The molecule has 1 N–H and O–H groups in total. The molecule has 1 aromatic rings. The summed E-state index contributed by atoms with van der Waals surface area (Å²) in [7, 11) is 0. The lowest BCUT2D eigenvalue weighted by Gasteiger charge is -2.30. The Labute approximate surface area is 135 Å². The molecule has 0 radical (unpaired) electrons. The van der Waals surface area contributed by atoms with Gasteiger partial charge in [0.25, 0.3) is 5.91 Å². The van der Waals surface area contributed by atoms with Crippen molar-refractivity contribution in [3.05, 3.63) is 33.7 Å². The Morgan fingerprint density at radius 1 is 1.30 bits per heavy atom. The summed E-state index contributed by atoms with van der Waals surface area (Å²) in [5.41, 5.74) is 0.935. The van der Waals surface area contributed by atoms with Gasteiger partial charge in [0, 0.05) is 43.9 Å². The zero-order valence-electron chi connectivity index (χ0n) is 13.7. The van der Waals surface area contributed by atoms with Crippen LogP contribution in [0.5, 0.6) is 0 Å². The molecule has 1 aliphatic carbocycles. The molecule has 0 aromatic carbocycles. The largest absolute Gasteiger partial charge is 0.338 e. The first-order valence-corrected chi connectivity index (χ1v) is 8.25. The van der Waals surface area contributed by atoms with Crippen molar-refractivity contribution in [2.24, 2.45) is 0 Å². The van der Waals surface area contributed by atoms with E-state index in [0.717, 1.165) is 25.7 Å². The van der Waals surface area contributed by atoms with E-state index in [0.29, 0.717) is 30.4 Å². The molecule has 1 saturated carbocycles. The van der Waals surface area contributed by atoms with Crippen molar-refractivity contribution < 1.29 is 9.59 Å². The Kier molecular flexibility index (Phi) is 4.24. The number of pyridine rings is 1. The van der Waals surface area contributed by atoms with Crippen molar-refractivity contribution >= 4 is 11.8 Å². The van der Waals surface area contributed by atoms with Crippen molar-refractivity contribution in [1.29, 1.82) is 0 Å². The van der Waals surface area contributed by atoms with Crippen molar-refractivity contribution in [2.45, 2.75) is 51.6 Å². The van der Waals surface area contributed by atoms with Gasteiger partial charge in [-0.3, -0.25) is 14.4 Å². The minimum Gasteiger partial charge on any atom is -0.338 e. The summed E-state index contributed by atoms with van der Waals surface area (Å²) in [5, 5.41) is 0. The number of amides is 2. The molecule has 2 heterocycles. The number of aromatic nitrogens is 1. The number of hydrogen-bond donors (Lipinski definition) is 1. The third-order valence-corrected chi connectivity index (χ3v) is 4.78. The molecule has 0 unspecified atom stereocenters. The molecule has 2 amide bonds. The number of nitrogens with one attached hydrogen (secondary N) is 1. The average molecular weight is 317 g/mol. The summed E-state index contributed by atoms with van der Waals surface area (Å²) >= 11 is 0. The van der Waals surface area contributed by atoms with Crippen molar-refractivity contribution in [2.75, 3.05) is 13.1 Å². The highest BCUT2D eigenvalue weighted by molar-refractivity contribution is 5.95. The molecule has 124 valence electrons. The highest BCUT2D eigenvalue weighted by Gasteiger charge is 2.37. The van der Waals surface area contributed by atoms with E-state index in [2.05, 4.69) is 4.98 Å². The molecular weight excluding hydrogens is 294 g/mol. The summed E-state index contributed by atoms with van der Waals surface area (Å²) in [6, 6.07) is 3.41. The lowest BCUT2D eigenvalue weighted by atomic mass is 10.1. The molecule has 0 spiro atoms. The molecule has 1 atom stereocenters. The summed E-state index contributed by atoms with van der Waals surface area (Å²) in [5.74, 6) is 0.0348. The van der Waals surface area contributed by atoms with Crippen LogP contribution in [-0.4, -0.2) is 51.8 Å². The summed E-state index contributed by atoms with van der Waals surface area (Å²) < 4.78 is 0. The van der Waals surface area contributed by atoms with E-state index >= 15 is 0 Å². The summed E-state index contributed by atoms with van der Waals surface area (Å²) in [4.78, 5) is 42.4. The van der Waals surface area contributed by atoms with Gasteiger partial charge in [-0.25, -0.2) is 0 Å². The first-order valence-electron chi connectivity index (χ1n) is 8.25. The lowest BCUT2D eigenvalue weighted by Crippen LogP contribution is -2.45. The third kappa shape index (κ3) is 3.30. The SMILES string of the molecule is CC(=O)N(C[C@@H]1CCCN1C(=O)c1ccc(=O)[nH]c1C)C1CC1. The van der Waals surface area contributed by atoms with E-state index in [9.17, 15) is 14.4 Å². The van der Waals surface area contributed by atoms with Crippen LogP contribution >= 0.6 is 0 Å². The Balaban J connectivity index is 1.76. The number of likely N-dealkylation sites (tertiary alicyclic amines) is 1. The summed E-state index contributed by atoms with van der Waals surface area (Å²) in [6.07, 6.45) is 4.01. The molecule has 6 nitrogen and oxygen atoms in total. The number of hydrogen-bond acceptors (Lipinski definition) is 3. The molecule has 2 aliphatic rings. The van der Waals surface area contributed by atoms with Gasteiger partial charge in [0.05, 0.1) is 5.56 Å². The molecule has 1 aliphatic heterocycles. The van der Waals surface area contributed by atoms with Gasteiger partial charge >= 0.3 is 0 Å². The monoisotopic (exact) mass is 317 g/mol. The normalized spacial score (nSPS) is 20.6. The zero-order valence-corrected chi connectivity index (χ0v) is 13.7. The summed E-state index contributed by atoms with van der Waals surface area (Å²) in [6.45, 7) is 4.67. The van der Waals surface area contributed by atoms with Crippen molar-refractivity contribution in [1.82, 2.24) is 14.8 Å². The van der Waals surface area contributed by atoms with Gasteiger partial charge < -0.3 is 14.8 Å². The van der Waals surface area contributed by atoms with Crippen LogP contribution in [0.25, 0.3) is 0 Å². The number of H-pyrrole nitrogens is 1. The number of carbonyl (C=O) groups is 2. The number of aryl methyl sites for hydroxylation is 1. The van der Waals surface area contributed by atoms with Crippen LogP contribution in [-0.2, 0) is 4.79 Å². The lowest BCUT2D eigenvalue weighted by molar-refractivity contribution is -0.130. The van der Waals surface area contributed by atoms with Gasteiger partial charge in [-0.05, 0) is 38.7 Å². The number of rotatable bonds is 4. The molecule has 2 fully saturated rings. The number of carbonyl (C=O) groups excluding carboxylic acids is 2. The van der Waals surface area contributed by atoms with Crippen LogP contribution in [0.3, 0.4) is 0 Å². The quantitative estimate of drug-likeness (QED) is 0.909. The van der Waals surface area contributed by atoms with Gasteiger partial charge in [0.1, 0.15) is 0 Å². The van der Waals surface area contributed by atoms with E-state index in [4.69, 9.17) is 0 Å². The number of aromatic amines is 1. The van der Waals surface area contributed by atoms with Crippen LogP contribution in [0.2, 0.25) is 0 Å². The minimum absolute atomic E-state index is 0.0550. The molecule has 1 saturated heterocycles. The Morgan fingerprint density at radius 2 is 2.04 bits per heavy atom. The zero-order chi connectivity index (χ0) is 16.6. The maximum atomic E-state index is 12.8. The molecule has 0 bridgehead atoms. The second kappa shape index (κ2) is 6.18. The predicted octanol–water partition coefficient (Wildman–Crippen LogP) is 1.30. The van der Waals surface area contributed by atoms with E-state index in [-0.39, 0.29) is 23.4 Å². The topological polar surface area (TPSA) is 73.5 Å². The maximum absolute atomic E-state index is 12.8. The smallest absolute Gasteiger partial charge is 0.255 e. The van der Waals surface area contributed by atoms with Gasteiger partial charge in [0.15, 0.2) is 0 Å². The van der Waals surface area contributed by atoms with E-state index in [1.807, 2.05) is 9.80 Å². The molecular formula is C17H23N3O3. The van der Waals surface area contributed by atoms with Crippen LogP contribution in [0.15, 0.2) is 16.9 Å². The highest BCUT2D eigenvalue weighted by Crippen LogP contribution is 2.29. The van der Waals surface area contributed by atoms with Crippen LogP contribution in [0.1, 0.15) is 48.7 Å². The fraction of sp³-hybridized carbons (Fsp3) is 0.588. The maximum Gasteiger partial charge on any atom is 0.255 e. The van der Waals surface area contributed by atoms with Gasteiger partial charge in [0.2, 0.25) is 11.5 Å². The second-order valence-electron chi connectivity index (χ2n) is 6.56. The van der Waals surface area contributed by atoms with Crippen LogP contribution in [0, 0.1) is 6.92 Å². The Hall–Kier alpha value is -2.11. The van der Waals surface area contributed by atoms with Gasteiger partial charge in [-0.1, -0.05) is 0 Å².